The lowest BCUT2D eigenvalue weighted by molar-refractivity contribution is -0.135. The Morgan fingerprint density at radius 3 is 2.59 bits per heavy atom. The quantitative estimate of drug-likeness (QED) is 0.875. The summed E-state index contributed by atoms with van der Waals surface area (Å²) in [6, 6.07) is 6.41. The van der Waals surface area contributed by atoms with Crippen molar-refractivity contribution in [3.05, 3.63) is 34.9 Å². The number of aryl methyl sites for hydroxylation is 2. The van der Waals surface area contributed by atoms with Crippen molar-refractivity contribution in [2.45, 2.75) is 45.4 Å². The van der Waals surface area contributed by atoms with Crippen LogP contribution in [0.5, 0.6) is 0 Å². The van der Waals surface area contributed by atoms with E-state index >= 15 is 0 Å². The van der Waals surface area contributed by atoms with Crippen LogP contribution in [0.15, 0.2) is 18.2 Å². The number of benzene rings is 1. The zero-order chi connectivity index (χ0) is 15.9. The first-order chi connectivity index (χ1) is 10.6. The summed E-state index contributed by atoms with van der Waals surface area (Å²) in [5.41, 5.74) is 3.88. The molecule has 120 valence electrons. The van der Waals surface area contributed by atoms with Crippen LogP contribution < -0.4 is 5.32 Å². The van der Waals surface area contributed by atoms with Crippen LogP contribution in [0.4, 0.5) is 0 Å². The molecule has 0 atom stereocenters. The van der Waals surface area contributed by atoms with Gasteiger partial charge in [0, 0.05) is 13.6 Å². The van der Waals surface area contributed by atoms with Gasteiger partial charge in [-0.25, -0.2) is 0 Å². The molecule has 0 bridgehead atoms. The van der Waals surface area contributed by atoms with Crippen molar-refractivity contribution >= 4 is 11.8 Å². The molecule has 0 aromatic heterocycles. The molecular formula is C18H26N2O2. The average molecular weight is 302 g/mol. The van der Waals surface area contributed by atoms with Crippen LogP contribution in [0.3, 0.4) is 0 Å². The fourth-order valence-electron chi connectivity index (χ4n) is 3.00. The molecule has 1 aliphatic rings. The van der Waals surface area contributed by atoms with Crippen LogP contribution in [0.25, 0.3) is 0 Å². The van der Waals surface area contributed by atoms with E-state index in [9.17, 15) is 9.59 Å². The largest absolute Gasteiger partial charge is 0.358 e. The Kier molecular flexibility index (Phi) is 5.99. The molecule has 0 spiro atoms. The Morgan fingerprint density at radius 1 is 1.18 bits per heavy atom. The molecule has 0 unspecified atom stereocenters. The monoisotopic (exact) mass is 302 g/mol. The molecule has 0 radical (unpaired) electrons. The van der Waals surface area contributed by atoms with Crippen molar-refractivity contribution in [1.29, 1.82) is 0 Å². The number of hydrogen-bond acceptors (Lipinski definition) is 2. The first-order valence-electron chi connectivity index (χ1n) is 8.23. The van der Waals surface area contributed by atoms with Gasteiger partial charge in [0.2, 0.25) is 11.8 Å². The summed E-state index contributed by atoms with van der Waals surface area (Å²) in [7, 11) is 1.60. The highest BCUT2D eigenvalue weighted by atomic mass is 16.2. The van der Waals surface area contributed by atoms with Gasteiger partial charge in [0.05, 0.1) is 13.0 Å². The third-order valence-electron chi connectivity index (χ3n) is 4.23. The van der Waals surface area contributed by atoms with Gasteiger partial charge < -0.3 is 10.2 Å². The minimum absolute atomic E-state index is 0.0289. The first-order valence-corrected chi connectivity index (χ1v) is 8.23. The summed E-state index contributed by atoms with van der Waals surface area (Å²) < 4.78 is 0. The molecule has 0 saturated heterocycles. The summed E-state index contributed by atoms with van der Waals surface area (Å²) >= 11 is 0. The smallest absolute Gasteiger partial charge is 0.239 e. The Hall–Kier alpha value is -1.84. The number of fused-ring (bicyclic) bond motifs is 1. The third kappa shape index (κ3) is 4.33. The summed E-state index contributed by atoms with van der Waals surface area (Å²) in [5, 5.41) is 2.58. The lowest BCUT2D eigenvalue weighted by Crippen LogP contribution is -2.40. The standard InChI is InChI=1S/C18H26N2O2/c1-3-10-20(13-17(21)19-2)18(22)12-14-8-9-15-6-4-5-7-16(15)11-14/h8-9,11H,3-7,10,12-13H2,1-2H3,(H,19,21). The van der Waals surface area contributed by atoms with Crippen molar-refractivity contribution in [2.24, 2.45) is 0 Å². The minimum atomic E-state index is -0.118. The molecule has 22 heavy (non-hydrogen) atoms. The topological polar surface area (TPSA) is 49.4 Å². The molecule has 0 heterocycles. The highest BCUT2D eigenvalue weighted by Gasteiger charge is 2.17. The first kappa shape index (κ1) is 16.5. The fraction of sp³-hybridized carbons (Fsp3) is 0.556. The number of amides is 2. The number of rotatable bonds is 6. The van der Waals surface area contributed by atoms with Gasteiger partial charge in [0.15, 0.2) is 0 Å². The molecule has 0 fully saturated rings. The number of hydrogen-bond donors (Lipinski definition) is 1. The van der Waals surface area contributed by atoms with E-state index in [1.54, 1.807) is 11.9 Å². The second kappa shape index (κ2) is 7.97. The van der Waals surface area contributed by atoms with Crippen molar-refractivity contribution in [3.63, 3.8) is 0 Å². The van der Waals surface area contributed by atoms with E-state index in [1.807, 2.05) is 6.92 Å². The minimum Gasteiger partial charge on any atom is -0.358 e. The number of carbonyl (C=O) groups is 2. The summed E-state index contributed by atoms with van der Waals surface area (Å²) in [5.74, 6) is -0.0894. The number of nitrogens with one attached hydrogen (secondary N) is 1. The molecule has 0 saturated carbocycles. The maximum absolute atomic E-state index is 12.5. The van der Waals surface area contributed by atoms with Crippen LogP contribution in [0, 0.1) is 0 Å². The van der Waals surface area contributed by atoms with Crippen LogP contribution in [-0.4, -0.2) is 36.9 Å². The fourth-order valence-corrected chi connectivity index (χ4v) is 3.00. The molecule has 2 rings (SSSR count). The Balaban J connectivity index is 2.03. The molecule has 1 aromatic carbocycles. The van der Waals surface area contributed by atoms with E-state index in [0.717, 1.165) is 24.8 Å². The molecule has 1 N–H and O–H groups in total. The van der Waals surface area contributed by atoms with Crippen molar-refractivity contribution in [1.82, 2.24) is 10.2 Å². The lowest BCUT2D eigenvalue weighted by atomic mass is 9.90. The van der Waals surface area contributed by atoms with Gasteiger partial charge in [-0.1, -0.05) is 25.1 Å². The summed E-state index contributed by atoms with van der Waals surface area (Å²) in [6.45, 7) is 2.79. The number of likely N-dealkylation sites (N-methyl/N-ethyl adjacent to an activating group) is 1. The molecule has 4 heteroatoms. The average Bonchev–Trinajstić information content (AvgIpc) is 2.54. The maximum Gasteiger partial charge on any atom is 0.239 e. The predicted molar refractivity (Wildman–Crippen MR) is 87.7 cm³/mol. The number of carbonyl (C=O) groups excluding carboxylic acids is 2. The van der Waals surface area contributed by atoms with Gasteiger partial charge in [-0.2, -0.15) is 0 Å². The second-order valence-corrected chi connectivity index (χ2v) is 5.98. The third-order valence-corrected chi connectivity index (χ3v) is 4.23. The highest BCUT2D eigenvalue weighted by molar-refractivity contribution is 5.85. The van der Waals surface area contributed by atoms with Crippen LogP contribution in [0.2, 0.25) is 0 Å². The van der Waals surface area contributed by atoms with E-state index in [-0.39, 0.29) is 18.4 Å². The molecule has 2 amide bonds. The SMILES string of the molecule is CCCN(CC(=O)NC)C(=O)Cc1ccc2c(c1)CCCC2. The summed E-state index contributed by atoms with van der Waals surface area (Å²) in [6.07, 6.45) is 6.01. The molecule has 0 aliphatic heterocycles. The van der Waals surface area contributed by atoms with Crippen LogP contribution in [0.1, 0.15) is 42.9 Å². The lowest BCUT2D eigenvalue weighted by Gasteiger charge is -2.22. The predicted octanol–water partition coefficient (Wildman–Crippen LogP) is 2.09. The van der Waals surface area contributed by atoms with E-state index < -0.39 is 0 Å². The number of nitrogens with zero attached hydrogens (tertiary/aromatic N) is 1. The van der Waals surface area contributed by atoms with E-state index in [2.05, 4.69) is 23.5 Å². The summed E-state index contributed by atoms with van der Waals surface area (Å²) in [4.78, 5) is 25.7. The van der Waals surface area contributed by atoms with Crippen molar-refractivity contribution in [2.75, 3.05) is 20.1 Å². The van der Waals surface area contributed by atoms with Crippen molar-refractivity contribution in [3.8, 4) is 0 Å². The maximum atomic E-state index is 12.5. The van der Waals surface area contributed by atoms with E-state index in [0.29, 0.717) is 13.0 Å². The highest BCUT2D eigenvalue weighted by Crippen LogP contribution is 2.22. The molecule has 4 nitrogen and oxygen atoms in total. The molecular weight excluding hydrogens is 276 g/mol. The Morgan fingerprint density at radius 2 is 1.91 bits per heavy atom. The molecule has 1 aromatic rings. The van der Waals surface area contributed by atoms with Crippen LogP contribution in [-0.2, 0) is 28.9 Å². The zero-order valence-corrected chi connectivity index (χ0v) is 13.7. The van der Waals surface area contributed by atoms with Gasteiger partial charge in [0.1, 0.15) is 0 Å². The Labute approximate surface area is 132 Å². The van der Waals surface area contributed by atoms with Gasteiger partial charge in [-0.05, 0) is 48.8 Å². The van der Waals surface area contributed by atoms with Crippen LogP contribution >= 0.6 is 0 Å². The normalized spacial score (nSPS) is 13.4. The van der Waals surface area contributed by atoms with E-state index in [1.165, 1.54) is 24.0 Å². The van der Waals surface area contributed by atoms with Gasteiger partial charge >= 0.3 is 0 Å². The second-order valence-electron chi connectivity index (χ2n) is 5.98. The van der Waals surface area contributed by atoms with E-state index in [4.69, 9.17) is 0 Å². The molecule has 1 aliphatic carbocycles. The van der Waals surface area contributed by atoms with Crippen molar-refractivity contribution < 1.29 is 9.59 Å². The zero-order valence-electron chi connectivity index (χ0n) is 13.7. The van der Waals surface area contributed by atoms with Gasteiger partial charge in [0.25, 0.3) is 0 Å². The van der Waals surface area contributed by atoms with Gasteiger partial charge in [-0.3, -0.25) is 9.59 Å². The van der Waals surface area contributed by atoms with Gasteiger partial charge in [-0.15, -0.1) is 0 Å². The Bertz CT molecular complexity index is 540.